The van der Waals surface area contributed by atoms with E-state index in [0.717, 1.165) is 12.8 Å². The van der Waals surface area contributed by atoms with Gasteiger partial charge in [0.2, 0.25) is 15.9 Å². The molecule has 0 aromatic heterocycles. The second-order valence-electron chi connectivity index (χ2n) is 7.77. The van der Waals surface area contributed by atoms with Crippen LogP contribution in [0.15, 0.2) is 59.5 Å². The van der Waals surface area contributed by atoms with Crippen molar-refractivity contribution in [2.24, 2.45) is 11.7 Å². The number of nitrogens with one attached hydrogen (secondary N) is 1. The van der Waals surface area contributed by atoms with Crippen molar-refractivity contribution in [1.82, 2.24) is 9.62 Å². The summed E-state index contributed by atoms with van der Waals surface area (Å²) < 4.78 is 41.2. The van der Waals surface area contributed by atoms with E-state index in [1.165, 1.54) is 6.07 Å². The first-order chi connectivity index (χ1) is 14.3. The average molecular weight is 434 g/mol. The normalized spacial score (nSPS) is 18.2. The highest BCUT2D eigenvalue weighted by Gasteiger charge is 2.26. The number of carbonyl (C=O) groups is 1. The predicted molar refractivity (Wildman–Crippen MR) is 114 cm³/mol. The van der Waals surface area contributed by atoms with Gasteiger partial charge in [0, 0.05) is 32.1 Å². The van der Waals surface area contributed by atoms with Gasteiger partial charge in [-0.15, -0.1) is 0 Å². The molecule has 0 spiro atoms. The Hall–Kier alpha value is -2.29. The summed E-state index contributed by atoms with van der Waals surface area (Å²) in [5.41, 5.74) is 6.60. The molecule has 162 valence electrons. The number of nitrogens with zero attached hydrogens (tertiary/aromatic N) is 1. The molecule has 3 rings (SSSR count). The fourth-order valence-corrected chi connectivity index (χ4v) is 4.88. The average Bonchev–Trinajstić information content (AvgIpc) is 2.75. The third-order valence-electron chi connectivity index (χ3n) is 5.36. The van der Waals surface area contributed by atoms with Crippen molar-refractivity contribution >= 4 is 15.9 Å². The number of benzene rings is 2. The Balaban J connectivity index is 1.50. The lowest BCUT2D eigenvalue weighted by Gasteiger charge is -2.33. The first kappa shape index (κ1) is 22.4. The van der Waals surface area contributed by atoms with Gasteiger partial charge in [-0.3, -0.25) is 4.79 Å². The quantitative estimate of drug-likeness (QED) is 0.668. The lowest BCUT2D eigenvalue weighted by atomic mass is 9.97. The third-order valence-corrected chi connectivity index (χ3v) is 6.80. The van der Waals surface area contributed by atoms with Crippen molar-refractivity contribution < 1.29 is 17.6 Å². The van der Waals surface area contributed by atoms with Crippen LogP contribution in [0.3, 0.4) is 0 Å². The molecule has 1 heterocycles. The van der Waals surface area contributed by atoms with Gasteiger partial charge in [0.05, 0.1) is 4.90 Å². The van der Waals surface area contributed by atoms with E-state index < -0.39 is 16.1 Å². The summed E-state index contributed by atoms with van der Waals surface area (Å²) in [6.45, 7) is 1.40. The number of rotatable bonds is 8. The summed E-state index contributed by atoms with van der Waals surface area (Å²) in [6.07, 6.45) is 2.09. The molecule has 2 aromatic carbocycles. The molecule has 1 amide bonds. The number of hydrogen-bond acceptors (Lipinski definition) is 4. The van der Waals surface area contributed by atoms with E-state index in [2.05, 4.69) is 4.72 Å². The van der Waals surface area contributed by atoms with Crippen LogP contribution < -0.4 is 10.5 Å². The van der Waals surface area contributed by atoms with E-state index in [9.17, 15) is 17.6 Å². The molecule has 30 heavy (non-hydrogen) atoms. The lowest BCUT2D eigenvalue weighted by molar-refractivity contribution is -0.133. The molecule has 1 aliphatic rings. The van der Waals surface area contributed by atoms with Crippen LogP contribution >= 0.6 is 0 Å². The monoisotopic (exact) mass is 433 g/mol. The number of sulfonamides is 1. The lowest BCUT2D eigenvalue weighted by Crippen LogP contribution is -2.45. The maximum Gasteiger partial charge on any atom is 0.240 e. The zero-order chi connectivity index (χ0) is 21.6. The van der Waals surface area contributed by atoms with E-state index >= 15 is 0 Å². The summed E-state index contributed by atoms with van der Waals surface area (Å²) in [7, 11) is -3.56. The van der Waals surface area contributed by atoms with Crippen LogP contribution in [0.25, 0.3) is 0 Å². The second kappa shape index (κ2) is 10.1. The molecule has 0 saturated carbocycles. The van der Waals surface area contributed by atoms with E-state index in [1.807, 2.05) is 0 Å². The minimum atomic E-state index is -3.56. The molecular formula is C22H28FN3O3S. The van der Waals surface area contributed by atoms with Crippen molar-refractivity contribution in [2.75, 3.05) is 19.6 Å². The van der Waals surface area contributed by atoms with E-state index in [0.29, 0.717) is 25.1 Å². The molecule has 1 aliphatic heterocycles. The van der Waals surface area contributed by atoms with Crippen molar-refractivity contribution in [3.05, 3.63) is 66.0 Å². The van der Waals surface area contributed by atoms with Crippen molar-refractivity contribution in [3.8, 4) is 0 Å². The molecule has 2 atom stereocenters. The minimum absolute atomic E-state index is 0.0454. The first-order valence-electron chi connectivity index (χ1n) is 10.2. The number of halogens is 1. The van der Waals surface area contributed by atoms with Crippen LogP contribution in [-0.4, -0.2) is 44.9 Å². The summed E-state index contributed by atoms with van der Waals surface area (Å²) in [5, 5.41) is 0. The fraction of sp³-hybridized carbons (Fsp3) is 0.409. The summed E-state index contributed by atoms with van der Waals surface area (Å²) in [4.78, 5) is 14.6. The van der Waals surface area contributed by atoms with Crippen LogP contribution in [0.1, 0.15) is 24.8 Å². The number of nitrogens with two attached hydrogens (primary N) is 1. The van der Waals surface area contributed by atoms with Crippen LogP contribution in [0.2, 0.25) is 0 Å². The molecule has 8 heteroatoms. The van der Waals surface area contributed by atoms with Crippen molar-refractivity contribution in [2.45, 2.75) is 36.6 Å². The molecule has 1 saturated heterocycles. The van der Waals surface area contributed by atoms with Gasteiger partial charge in [0.15, 0.2) is 0 Å². The number of carbonyl (C=O) groups excluding carboxylic acids is 1. The fourth-order valence-electron chi connectivity index (χ4n) is 3.74. The highest BCUT2D eigenvalue weighted by molar-refractivity contribution is 7.89. The summed E-state index contributed by atoms with van der Waals surface area (Å²) in [6, 6.07) is 14.2. The Kier molecular flexibility index (Phi) is 7.58. The van der Waals surface area contributed by atoms with Gasteiger partial charge in [-0.1, -0.05) is 36.4 Å². The number of hydrogen-bond donors (Lipinski definition) is 2. The van der Waals surface area contributed by atoms with Gasteiger partial charge >= 0.3 is 0 Å². The Labute approximate surface area is 177 Å². The van der Waals surface area contributed by atoms with Crippen LogP contribution in [0, 0.1) is 11.7 Å². The largest absolute Gasteiger partial charge is 0.342 e. The van der Waals surface area contributed by atoms with Crippen molar-refractivity contribution in [3.63, 3.8) is 0 Å². The molecule has 6 nitrogen and oxygen atoms in total. The SMILES string of the molecule is NC(CC(=O)N1CCCC(CNS(=O)(=O)c2ccccc2)C1)Cc1ccccc1F. The topological polar surface area (TPSA) is 92.5 Å². The van der Waals surface area contributed by atoms with E-state index in [1.54, 1.807) is 53.4 Å². The zero-order valence-electron chi connectivity index (χ0n) is 16.8. The number of likely N-dealkylation sites (tertiary alicyclic amines) is 1. The summed E-state index contributed by atoms with van der Waals surface area (Å²) >= 11 is 0. The standard InChI is InChI=1S/C22H28FN3O3S/c23-21-11-5-4-8-18(21)13-19(24)14-22(27)26-12-6-7-17(16-26)15-25-30(28,29)20-9-2-1-3-10-20/h1-5,8-11,17,19,25H,6-7,12-16,24H2. The van der Waals surface area contributed by atoms with Crippen LogP contribution in [0.5, 0.6) is 0 Å². The highest BCUT2D eigenvalue weighted by Crippen LogP contribution is 2.19. The van der Waals surface area contributed by atoms with Gasteiger partial charge < -0.3 is 10.6 Å². The van der Waals surface area contributed by atoms with Gasteiger partial charge in [-0.2, -0.15) is 0 Å². The maximum absolute atomic E-state index is 13.8. The first-order valence-corrected chi connectivity index (χ1v) is 11.6. The van der Waals surface area contributed by atoms with Gasteiger partial charge in [0.1, 0.15) is 5.82 Å². The number of amides is 1. The second-order valence-corrected chi connectivity index (χ2v) is 9.54. The van der Waals surface area contributed by atoms with E-state index in [-0.39, 0.29) is 35.5 Å². The smallest absolute Gasteiger partial charge is 0.240 e. The van der Waals surface area contributed by atoms with Gasteiger partial charge in [-0.25, -0.2) is 17.5 Å². The van der Waals surface area contributed by atoms with Crippen LogP contribution in [0.4, 0.5) is 4.39 Å². The molecule has 0 bridgehead atoms. The molecule has 0 aliphatic carbocycles. The molecule has 0 radical (unpaired) electrons. The molecule has 3 N–H and O–H groups in total. The van der Waals surface area contributed by atoms with Crippen molar-refractivity contribution in [1.29, 1.82) is 0 Å². The Bertz CT molecular complexity index is 953. The third kappa shape index (κ3) is 6.10. The predicted octanol–water partition coefficient (Wildman–Crippen LogP) is 2.30. The maximum atomic E-state index is 13.8. The van der Waals surface area contributed by atoms with Gasteiger partial charge in [0.25, 0.3) is 0 Å². The Morgan fingerprint density at radius 3 is 2.60 bits per heavy atom. The minimum Gasteiger partial charge on any atom is -0.342 e. The zero-order valence-corrected chi connectivity index (χ0v) is 17.7. The Morgan fingerprint density at radius 1 is 1.17 bits per heavy atom. The molecule has 2 aromatic rings. The number of piperidine rings is 1. The highest BCUT2D eigenvalue weighted by atomic mass is 32.2. The van der Waals surface area contributed by atoms with E-state index in [4.69, 9.17) is 5.73 Å². The molecular weight excluding hydrogens is 405 g/mol. The summed E-state index contributed by atoms with van der Waals surface area (Å²) in [5.74, 6) is -0.345. The van der Waals surface area contributed by atoms with Crippen LogP contribution in [-0.2, 0) is 21.2 Å². The molecule has 2 unspecified atom stereocenters. The Morgan fingerprint density at radius 2 is 1.87 bits per heavy atom. The molecule has 1 fully saturated rings. The van der Waals surface area contributed by atoms with Gasteiger partial charge in [-0.05, 0) is 48.9 Å².